The maximum atomic E-state index is 11.7. The molecule has 0 aromatic carbocycles. The highest BCUT2D eigenvalue weighted by molar-refractivity contribution is 5.75. The van der Waals surface area contributed by atoms with Crippen LogP contribution in [0.3, 0.4) is 0 Å². The number of rotatable bonds is 4. The Bertz CT molecular complexity index is 435. The standard InChI is InChI=1S/C9H12N6O/c1-14(4-8-11-2-3-12-8)9(16)5-15-7-10-6-13-15/h2-3,6-7H,4-5H2,1H3,(H,11,12). The van der Waals surface area contributed by atoms with E-state index in [1.807, 2.05) is 0 Å². The first kappa shape index (κ1) is 10.3. The zero-order chi connectivity index (χ0) is 11.4. The fourth-order valence-corrected chi connectivity index (χ4v) is 1.27. The van der Waals surface area contributed by atoms with Gasteiger partial charge in [0.05, 0.1) is 6.54 Å². The highest BCUT2D eigenvalue weighted by atomic mass is 16.2. The van der Waals surface area contributed by atoms with Crippen LogP contribution in [-0.2, 0) is 17.9 Å². The number of likely N-dealkylation sites (N-methyl/N-ethyl adjacent to an activating group) is 1. The largest absolute Gasteiger partial charge is 0.347 e. The second-order valence-corrected chi connectivity index (χ2v) is 3.38. The molecule has 0 bridgehead atoms. The fraction of sp³-hybridized carbons (Fsp3) is 0.333. The van der Waals surface area contributed by atoms with Crippen LogP contribution in [0.4, 0.5) is 0 Å². The fourth-order valence-electron chi connectivity index (χ4n) is 1.27. The number of nitrogens with zero attached hydrogens (tertiary/aromatic N) is 5. The van der Waals surface area contributed by atoms with Crippen molar-refractivity contribution in [3.05, 3.63) is 30.9 Å². The Labute approximate surface area is 92.1 Å². The second kappa shape index (κ2) is 4.56. The van der Waals surface area contributed by atoms with E-state index in [0.29, 0.717) is 6.54 Å². The zero-order valence-corrected chi connectivity index (χ0v) is 8.87. The monoisotopic (exact) mass is 220 g/mol. The summed E-state index contributed by atoms with van der Waals surface area (Å²) in [5.74, 6) is 0.719. The maximum absolute atomic E-state index is 11.7. The number of imidazole rings is 1. The molecule has 0 aliphatic heterocycles. The van der Waals surface area contributed by atoms with E-state index in [4.69, 9.17) is 0 Å². The van der Waals surface area contributed by atoms with Gasteiger partial charge in [-0.2, -0.15) is 5.10 Å². The van der Waals surface area contributed by atoms with E-state index in [1.54, 1.807) is 24.3 Å². The average molecular weight is 220 g/mol. The lowest BCUT2D eigenvalue weighted by Gasteiger charge is -2.15. The van der Waals surface area contributed by atoms with Crippen LogP contribution in [-0.4, -0.2) is 42.6 Å². The van der Waals surface area contributed by atoms with Gasteiger partial charge in [-0.15, -0.1) is 0 Å². The van der Waals surface area contributed by atoms with Gasteiger partial charge in [-0.1, -0.05) is 0 Å². The van der Waals surface area contributed by atoms with Gasteiger partial charge in [0.25, 0.3) is 0 Å². The third-order valence-electron chi connectivity index (χ3n) is 2.13. The summed E-state index contributed by atoms with van der Waals surface area (Å²) >= 11 is 0. The van der Waals surface area contributed by atoms with Gasteiger partial charge in [-0.3, -0.25) is 4.79 Å². The molecule has 1 N–H and O–H groups in total. The molecule has 84 valence electrons. The van der Waals surface area contributed by atoms with Gasteiger partial charge in [-0.05, 0) is 0 Å². The van der Waals surface area contributed by atoms with Crippen molar-refractivity contribution in [1.82, 2.24) is 29.6 Å². The predicted octanol–water partition coefficient (Wildman–Crippen LogP) is -0.340. The summed E-state index contributed by atoms with van der Waals surface area (Å²) in [6.07, 6.45) is 6.30. The molecule has 2 aromatic rings. The Kier molecular flexibility index (Phi) is 2.95. The number of aromatic nitrogens is 5. The lowest BCUT2D eigenvalue weighted by molar-refractivity contribution is -0.131. The van der Waals surface area contributed by atoms with Gasteiger partial charge in [0.2, 0.25) is 5.91 Å². The molecule has 0 unspecified atom stereocenters. The van der Waals surface area contributed by atoms with Crippen molar-refractivity contribution >= 4 is 5.91 Å². The highest BCUT2D eigenvalue weighted by Crippen LogP contribution is 1.97. The van der Waals surface area contributed by atoms with Crippen LogP contribution in [0.15, 0.2) is 25.0 Å². The van der Waals surface area contributed by atoms with Gasteiger partial charge >= 0.3 is 0 Å². The van der Waals surface area contributed by atoms with E-state index >= 15 is 0 Å². The third-order valence-corrected chi connectivity index (χ3v) is 2.13. The smallest absolute Gasteiger partial charge is 0.244 e. The number of H-pyrrole nitrogens is 1. The molecule has 0 radical (unpaired) electrons. The molecule has 0 aliphatic carbocycles. The van der Waals surface area contributed by atoms with Crippen molar-refractivity contribution in [3.63, 3.8) is 0 Å². The summed E-state index contributed by atoms with van der Waals surface area (Å²) in [5.41, 5.74) is 0. The number of amides is 1. The molecule has 7 nitrogen and oxygen atoms in total. The van der Waals surface area contributed by atoms with Crippen molar-refractivity contribution in [2.45, 2.75) is 13.1 Å². The van der Waals surface area contributed by atoms with Crippen LogP contribution in [0.1, 0.15) is 5.82 Å². The van der Waals surface area contributed by atoms with Gasteiger partial charge in [0.15, 0.2) is 0 Å². The number of hydrogen-bond acceptors (Lipinski definition) is 4. The molecule has 0 fully saturated rings. The molecule has 0 atom stereocenters. The van der Waals surface area contributed by atoms with Crippen molar-refractivity contribution in [3.8, 4) is 0 Å². The first-order valence-electron chi connectivity index (χ1n) is 4.80. The third kappa shape index (κ3) is 2.44. The van der Waals surface area contributed by atoms with Crippen molar-refractivity contribution in [2.75, 3.05) is 7.05 Å². The van der Waals surface area contributed by atoms with Crippen molar-refractivity contribution in [2.24, 2.45) is 0 Å². The Balaban J connectivity index is 1.90. The average Bonchev–Trinajstić information content (AvgIpc) is 2.90. The first-order valence-corrected chi connectivity index (χ1v) is 4.80. The highest BCUT2D eigenvalue weighted by Gasteiger charge is 2.11. The summed E-state index contributed by atoms with van der Waals surface area (Å²) in [6, 6.07) is 0. The number of aromatic amines is 1. The minimum absolute atomic E-state index is 0.0399. The number of nitrogens with one attached hydrogen (secondary N) is 1. The van der Waals surface area contributed by atoms with Gasteiger partial charge in [0, 0.05) is 19.4 Å². The van der Waals surface area contributed by atoms with E-state index in [-0.39, 0.29) is 12.5 Å². The lowest BCUT2D eigenvalue weighted by Crippen LogP contribution is -2.30. The summed E-state index contributed by atoms with van der Waals surface area (Å²) in [5, 5.41) is 3.87. The van der Waals surface area contributed by atoms with Crippen LogP contribution in [0.25, 0.3) is 0 Å². The van der Waals surface area contributed by atoms with Crippen molar-refractivity contribution in [1.29, 1.82) is 0 Å². The number of carbonyl (C=O) groups excluding carboxylic acids is 1. The molecule has 0 saturated heterocycles. The summed E-state index contributed by atoms with van der Waals surface area (Å²) in [7, 11) is 1.72. The maximum Gasteiger partial charge on any atom is 0.244 e. The quantitative estimate of drug-likeness (QED) is 0.764. The second-order valence-electron chi connectivity index (χ2n) is 3.38. The molecular weight excluding hydrogens is 208 g/mol. The molecule has 2 aromatic heterocycles. The van der Waals surface area contributed by atoms with Gasteiger partial charge in [-0.25, -0.2) is 14.6 Å². The van der Waals surface area contributed by atoms with Crippen LogP contribution in [0.2, 0.25) is 0 Å². The number of hydrogen-bond donors (Lipinski definition) is 1. The van der Waals surface area contributed by atoms with Crippen LogP contribution in [0.5, 0.6) is 0 Å². The molecule has 0 saturated carbocycles. The van der Waals surface area contributed by atoms with Crippen molar-refractivity contribution < 1.29 is 4.79 Å². The predicted molar refractivity (Wildman–Crippen MR) is 55.1 cm³/mol. The van der Waals surface area contributed by atoms with Crippen LogP contribution < -0.4 is 0 Å². The van der Waals surface area contributed by atoms with E-state index < -0.39 is 0 Å². The molecule has 0 spiro atoms. The minimum Gasteiger partial charge on any atom is -0.347 e. The normalized spacial score (nSPS) is 10.3. The SMILES string of the molecule is CN(Cc1ncc[nH]1)C(=O)Cn1cncn1. The van der Waals surface area contributed by atoms with E-state index in [0.717, 1.165) is 5.82 Å². The zero-order valence-electron chi connectivity index (χ0n) is 8.87. The molecule has 0 aliphatic rings. The first-order chi connectivity index (χ1) is 7.75. The summed E-state index contributed by atoms with van der Waals surface area (Å²) in [4.78, 5) is 24.1. The topological polar surface area (TPSA) is 79.7 Å². The van der Waals surface area contributed by atoms with E-state index in [1.165, 1.54) is 17.3 Å². The Morgan fingerprint density at radius 2 is 2.50 bits per heavy atom. The minimum atomic E-state index is -0.0399. The van der Waals surface area contributed by atoms with Gasteiger partial charge in [0.1, 0.15) is 25.0 Å². The Morgan fingerprint density at radius 3 is 3.12 bits per heavy atom. The molecule has 1 amide bonds. The van der Waals surface area contributed by atoms with E-state index in [9.17, 15) is 4.79 Å². The Hall–Kier alpha value is -2.18. The molecule has 2 heterocycles. The lowest BCUT2D eigenvalue weighted by atomic mass is 10.4. The van der Waals surface area contributed by atoms with E-state index in [2.05, 4.69) is 20.1 Å². The number of carbonyl (C=O) groups is 1. The summed E-state index contributed by atoms with van der Waals surface area (Å²) in [6.45, 7) is 0.651. The van der Waals surface area contributed by atoms with Gasteiger partial charge < -0.3 is 9.88 Å². The molecule has 2 rings (SSSR count). The molecular formula is C9H12N6O. The molecule has 7 heteroatoms. The summed E-state index contributed by atoms with van der Waals surface area (Å²) < 4.78 is 1.49. The van der Waals surface area contributed by atoms with Crippen LogP contribution >= 0.6 is 0 Å². The molecule has 16 heavy (non-hydrogen) atoms. The van der Waals surface area contributed by atoms with Crippen LogP contribution in [0, 0.1) is 0 Å². The Morgan fingerprint density at radius 1 is 1.62 bits per heavy atom.